The van der Waals surface area contributed by atoms with Crippen LogP contribution in [0.15, 0.2) is 54.6 Å². The second-order valence-electron chi connectivity index (χ2n) is 4.79. The molecule has 1 atom stereocenters. The average Bonchev–Trinajstić information content (AvgIpc) is 2.53. The van der Waals surface area contributed by atoms with E-state index in [1.54, 1.807) is 37.3 Å². The Labute approximate surface area is 138 Å². The second kappa shape index (κ2) is 7.56. The lowest BCUT2D eigenvalue weighted by atomic mass is 10.1. The molecule has 118 valence electrons. The number of carbonyl (C=O) groups is 1. The monoisotopic (exact) mass is 331 g/mol. The smallest absolute Gasteiger partial charge is 0.331 e. The summed E-state index contributed by atoms with van der Waals surface area (Å²) in [5.41, 5.74) is 1.22. The van der Waals surface area contributed by atoms with Gasteiger partial charge >= 0.3 is 5.97 Å². The zero-order valence-corrected chi connectivity index (χ0v) is 13.1. The van der Waals surface area contributed by atoms with Gasteiger partial charge in [0.1, 0.15) is 6.10 Å². The molecule has 0 aliphatic heterocycles. The van der Waals surface area contributed by atoms with Gasteiger partial charge in [-0.3, -0.25) is 10.1 Å². The third-order valence-electron chi connectivity index (χ3n) is 3.13. The normalized spacial score (nSPS) is 12.1. The summed E-state index contributed by atoms with van der Waals surface area (Å²) >= 11 is 6.05. The minimum absolute atomic E-state index is 0.0371. The largest absolute Gasteiger partial charge is 0.455 e. The van der Waals surface area contributed by atoms with Gasteiger partial charge in [-0.1, -0.05) is 41.9 Å². The molecule has 0 amide bonds. The van der Waals surface area contributed by atoms with Gasteiger partial charge in [0.25, 0.3) is 5.69 Å². The summed E-state index contributed by atoms with van der Waals surface area (Å²) in [4.78, 5) is 22.1. The fourth-order valence-corrected chi connectivity index (χ4v) is 2.28. The highest BCUT2D eigenvalue weighted by molar-refractivity contribution is 6.31. The molecule has 0 fully saturated rings. The number of benzene rings is 2. The molecule has 23 heavy (non-hydrogen) atoms. The molecule has 0 aliphatic rings. The van der Waals surface area contributed by atoms with Gasteiger partial charge in [0.15, 0.2) is 0 Å². The molecular weight excluding hydrogens is 318 g/mol. The van der Waals surface area contributed by atoms with Gasteiger partial charge in [-0.15, -0.1) is 0 Å². The molecule has 0 N–H and O–H groups in total. The van der Waals surface area contributed by atoms with Gasteiger partial charge in [-0.2, -0.15) is 0 Å². The number of ether oxygens (including phenoxy) is 1. The van der Waals surface area contributed by atoms with Crippen molar-refractivity contribution in [3.8, 4) is 0 Å². The van der Waals surface area contributed by atoms with Crippen LogP contribution in [0.5, 0.6) is 0 Å². The zero-order chi connectivity index (χ0) is 16.8. The Morgan fingerprint density at radius 1 is 1.26 bits per heavy atom. The van der Waals surface area contributed by atoms with Crippen LogP contribution < -0.4 is 0 Å². The molecule has 2 aromatic carbocycles. The third kappa shape index (κ3) is 4.66. The van der Waals surface area contributed by atoms with E-state index < -0.39 is 17.0 Å². The molecular formula is C17H14ClNO4. The van der Waals surface area contributed by atoms with Crippen molar-refractivity contribution in [3.05, 3.63) is 80.9 Å². The molecule has 0 saturated heterocycles. The van der Waals surface area contributed by atoms with Gasteiger partial charge in [0.2, 0.25) is 0 Å². The van der Waals surface area contributed by atoms with Gasteiger partial charge < -0.3 is 4.74 Å². The quantitative estimate of drug-likeness (QED) is 0.348. The lowest BCUT2D eigenvalue weighted by molar-refractivity contribution is -0.384. The molecule has 0 aliphatic carbocycles. The summed E-state index contributed by atoms with van der Waals surface area (Å²) in [5.74, 6) is -0.552. The van der Waals surface area contributed by atoms with E-state index in [1.807, 2.05) is 6.07 Å². The average molecular weight is 332 g/mol. The molecule has 0 unspecified atom stereocenters. The molecule has 2 aromatic rings. The summed E-state index contributed by atoms with van der Waals surface area (Å²) in [6.45, 7) is 1.72. The Bertz CT molecular complexity index is 758. The molecule has 0 heterocycles. The number of carbonyl (C=O) groups excluding carboxylic acids is 1. The van der Waals surface area contributed by atoms with Crippen LogP contribution in [0.1, 0.15) is 24.2 Å². The highest BCUT2D eigenvalue weighted by Gasteiger charge is 2.12. The van der Waals surface area contributed by atoms with Crippen molar-refractivity contribution in [3.63, 3.8) is 0 Å². The molecule has 0 spiro atoms. The summed E-state index contributed by atoms with van der Waals surface area (Å²) in [7, 11) is 0. The van der Waals surface area contributed by atoms with Crippen molar-refractivity contribution in [2.24, 2.45) is 0 Å². The predicted molar refractivity (Wildman–Crippen MR) is 88.1 cm³/mol. The van der Waals surface area contributed by atoms with Crippen molar-refractivity contribution in [1.82, 2.24) is 0 Å². The number of esters is 1. The molecule has 0 saturated carbocycles. The van der Waals surface area contributed by atoms with Crippen LogP contribution in [-0.2, 0) is 9.53 Å². The number of rotatable bonds is 5. The van der Waals surface area contributed by atoms with Gasteiger partial charge in [0.05, 0.1) is 4.92 Å². The highest BCUT2D eigenvalue weighted by atomic mass is 35.5. The molecule has 0 aromatic heterocycles. The van der Waals surface area contributed by atoms with Gasteiger partial charge in [0, 0.05) is 28.8 Å². The van der Waals surface area contributed by atoms with Crippen molar-refractivity contribution in [2.75, 3.05) is 0 Å². The Morgan fingerprint density at radius 2 is 2.00 bits per heavy atom. The maximum atomic E-state index is 11.8. The van der Waals surface area contributed by atoms with E-state index in [0.717, 1.165) is 0 Å². The molecule has 5 nitrogen and oxygen atoms in total. The SMILES string of the molecule is C[C@H](OC(=O)/C=C/c1cccc([N+](=O)[O-])c1)c1ccccc1Cl. The topological polar surface area (TPSA) is 69.4 Å². The summed E-state index contributed by atoms with van der Waals surface area (Å²) in [5, 5.41) is 11.2. The third-order valence-corrected chi connectivity index (χ3v) is 3.47. The van der Waals surface area contributed by atoms with E-state index in [4.69, 9.17) is 16.3 Å². The predicted octanol–water partition coefficient (Wildman–Crippen LogP) is 4.57. The summed E-state index contributed by atoms with van der Waals surface area (Å²) in [6, 6.07) is 13.1. The Kier molecular flexibility index (Phi) is 5.49. The first kappa shape index (κ1) is 16.7. The molecule has 2 rings (SSSR count). The number of nitro groups is 1. The maximum absolute atomic E-state index is 11.8. The zero-order valence-electron chi connectivity index (χ0n) is 12.3. The number of nitro benzene ring substituents is 1. The van der Waals surface area contributed by atoms with Crippen LogP contribution in [0.4, 0.5) is 5.69 Å². The number of nitrogens with zero attached hydrogens (tertiary/aromatic N) is 1. The van der Waals surface area contributed by atoms with Crippen molar-refractivity contribution in [2.45, 2.75) is 13.0 Å². The fraction of sp³-hybridized carbons (Fsp3) is 0.118. The van der Waals surface area contributed by atoms with Crippen LogP contribution in [0.3, 0.4) is 0 Å². The van der Waals surface area contributed by atoms with Gasteiger partial charge in [-0.05, 0) is 24.6 Å². The standard InChI is InChI=1S/C17H14ClNO4/c1-12(15-7-2-3-8-16(15)18)23-17(20)10-9-13-5-4-6-14(11-13)19(21)22/h2-12H,1H3/b10-9+/t12-/m0/s1. The van der Waals surface area contributed by atoms with Crippen LogP contribution in [-0.4, -0.2) is 10.9 Å². The minimum Gasteiger partial charge on any atom is -0.455 e. The van der Waals surface area contributed by atoms with E-state index in [9.17, 15) is 14.9 Å². The van der Waals surface area contributed by atoms with E-state index in [0.29, 0.717) is 16.1 Å². The van der Waals surface area contributed by atoms with Crippen LogP contribution in [0, 0.1) is 10.1 Å². The van der Waals surface area contributed by atoms with Crippen LogP contribution in [0.25, 0.3) is 6.08 Å². The number of non-ortho nitro benzene ring substituents is 1. The number of halogens is 1. The summed E-state index contributed by atoms with van der Waals surface area (Å²) < 4.78 is 5.27. The van der Waals surface area contributed by atoms with Crippen molar-refractivity contribution >= 4 is 29.3 Å². The van der Waals surface area contributed by atoms with E-state index in [2.05, 4.69) is 0 Å². The van der Waals surface area contributed by atoms with E-state index in [1.165, 1.54) is 24.3 Å². The summed E-state index contributed by atoms with van der Waals surface area (Å²) in [6.07, 6.45) is 2.20. The molecule has 6 heteroatoms. The second-order valence-corrected chi connectivity index (χ2v) is 5.19. The number of hydrogen-bond acceptors (Lipinski definition) is 4. The van der Waals surface area contributed by atoms with Gasteiger partial charge in [-0.25, -0.2) is 4.79 Å². The highest BCUT2D eigenvalue weighted by Crippen LogP contribution is 2.25. The Balaban J connectivity index is 2.03. The minimum atomic E-state index is -0.552. The number of hydrogen-bond donors (Lipinski definition) is 0. The van der Waals surface area contributed by atoms with Crippen molar-refractivity contribution < 1.29 is 14.5 Å². The van der Waals surface area contributed by atoms with Crippen LogP contribution in [0.2, 0.25) is 5.02 Å². The first-order valence-electron chi connectivity index (χ1n) is 6.85. The first-order chi connectivity index (χ1) is 11.0. The molecule has 0 radical (unpaired) electrons. The van der Waals surface area contributed by atoms with E-state index >= 15 is 0 Å². The fourth-order valence-electron chi connectivity index (χ4n) is 1.99. The van der Waals surface area contributed by atoms with E-state index in [-0.39, 0.29) is 5.69 Å². The lowest BCUT2D eigenvalue weighted by Gasteiger charge is -2.13. The Hall–Kier alpha value is -2.66. The lowest BCUT2D eigenvalue weighted by Crippen LogP contribution is -2.06. The Morgan fingerprint density at radius 3 is 2.70 bits per heavy atom. The maximum Gasteiger partial charge on any atom is 0.331 e. The first-order valence-corrected chi connectivity index (χ1v) is 7.23. The van der Waals surface area contributed by atoms with Crippen molar-refractivity contribution in [1.29, 1.82) is 0 Å². The molecule has 0 bridgehead atoms. The van der Waals surface area contributed by atoms with Crippen LogP contribution >= 0.6 is 11.6 Å².